The zero-order valence-corrected chi connectivity index (χ0v) is 10.0. The van der Waals surface area contributed by atoms with Gasteiger partial charge < -0.3 is 10.8 Å². The van der Waals surface area contributed by atoms with Crippen molar-refractivity contribution >= 4 is 5.91 Å². The Hall–Kier alpha value is -1.62. The molecule has 1 aliphatic carbocycles. The van der Waals surface area contributed by atoms with Crippen molar-refractivity contribution < 1.29 is 14.3 Å². The van der Waals surface area contributed by atoms with Gasteiger partial charge in [0.05, 0.1) is 0 Å². The summed E-state index contributed by atoms with van der Waals surface area (Å²) >= 11 is 0. The number of phenolic OH excluding ortho intramolecular Hbond substituents is 1. The van der Waals surface area contributed by atoms with Gasteiger partial charge in [0.15, 0.2) is 11.6 Å². The summed E-state index contributed by atoms with van der Waals surface area (Å²) in [7, 11) is 0. The second-order valence-electron chi connectivity index (χ2n) is 4.69. The number of carbonyl (C=O) groups is 1. The number of hydrogen-bond donors (Lipinski definition) is 3. The van der Waals surface area contributed by atoms with Gasteiger partial charge in [0, 0.05) is 6.04 Å². The van der Waals surface area contributed by atoms with Crippen molar-refractivity contribution in [3.05, 3.63) is 29.6 Å². The molecule has 98 valence electrons. The molecule has 1 unspecified atom stereocenters. The van der Waals surface area contributed by atoms with Crippen molar-refractivity contribution in [1.82, 2.24) is 5.32 Å². The Kier molecular flexibility index (Phi) is 3.81. The lowest BCUT2D eigenvalue weighted by Crippen LogP contribution is -2.38. The number of halogens is 1. The minimum Gasteiger partial charge on any atom is -0.505 e. The molecule has 4 N–H and O–H groups in total. The molecular formula is C13H17FN2O2. The first-order valence-electron chi connectivity index (χ1n) is 6.11. The summed E-state index contributed by atoms with van der Waals surface area (Å²) < 4.78 is 13.3. The second kappa shape index (κ2) is 5.35. The van der Waals surface area contributed by atoms with E-state index in [4.69, 9.17) is 10.8 Å². The number of amides is 1. The molecule has 0 radical (unpaired) electrons. The average Bonchev–Trinajstić information content (AvgIpc) is 2.82. The second-order valence-corrected chi connectivity index (χ2v) is 4.69. The maximum absolute atomic E-state index is 13.3. The SMILES string of the molecule is NC(=O)C(NC1CCCC1)c1ccc(O)c(F)c1. The van der Waals surface area contributed by atoms with Crippen molar-refractivity contribution in [3.63, 3.8) is 0 Å². The van der Waals surface area contributed by atoms with E-state index in [1.54, 1.807) is 0 Å². The Balaban J connectivity index is 2.17. The molecule has 5 heteroatoms. The summed E-state index contributed by atoms with van der Waals surface area (Å²) in [5.41, 5.74) is 5.80. The maximum Gasteiger partial charge on any atom is 0.239 e. The van der Waals surface area contributed by atoms with Gasteiger partial charge in [0.1, 0.15) is 6.04 Å². The molecule has 0 aromatic heterocycles. The molecule has 1 atom stereocenters. The van der Waals surface area contributed by atoms with E-state index in [-0.39, 0.29) is 6.04 Å². The molecule has 1 saturated carbocycles. The number of aromatic hydroxyl groups is 1. The number of primary amides is 1. The number of rotatable bonds is 4. The van der Waals surface area contributed by atoms with E-state index in [0.29, 0.717) is 5.56 Å². The van der Waals surface area contributed by atoms with Crippen LogP contribution in [0.4, 0.5) is 4.39 Å². The number of nitrogens with two attached hydrogens (primary N) is 1. The molecule has 1 amide bonds. The van der Waals surface area contributed by atoms with Crippen molar-refractivity contribution in [1.29, 1.82) is 0 Å². The Bertz CT molecular complexity index is 445. The molecule has 2 rings (SSSR count). The minimum atomic E-state index is -0.744. The molecule has 18 heavy (non-hydrogen) atoms. The Morgan fingerprint density at radius 1 is 1.44 bits per heavy atom. The largest absolute Gasteiger partial charge is 0.505 e. The minimum absolute atomic E-state index is 0.249. The average molecular weight is 252 g/mol. The summed E-state index contributed by atoms with van der Waals surface area (Å²) in [6, 6.07) is 3.43. The fourth-order valence-corrected chi connectivity index (χ4v) is 2.37. The van der Waals surface area contributed by atoms with Crippen LogP contribution < -0.4 is 11.1 Å². The summed E-state index contributed by atoms with van der Waals surface area (Å²) in [5, 5.41) is 12.3. The van der Waals surface area contributed by atoms with Crippen LogP contribution in [0.5, 0.6) is 5.75 Å². The summed E-state index contributed by atoms with van der Waals surface area (Å²) in [5.74, 6) is -1.71. The summed E-state index contributed by atoms with van der Waals surface area (Å²) in [4.78, 5) is 11.5. The molecule has 1 aromatic carbocycles. The first-order chi connectivity index (χ1) is 8.58. The number of benzene rings is 1. The van der Waals surface area contributed by atoms with Gasteiger partial charge in [-0.1, -0.05) is 18.9 Å². The molecule has 1 aliphatic rings. The third-order valence-corrected chi connectivity index (χ3v) is 3.35. The predicted octanol–water partition coefficient (Wildman–Crippen LogP) is 1.59. The first-order valence-corrected chi connectivity index (χ1v) is 6.11. The van der Waals surface area contributed by atoms with Gasteiger partial charge >= 0.3 is 0 Å². The smallest absolute Gasteiger partial charge is 0.239 e. The third-order valence-electron chi connectivity index (χ3n) is 3.35. The van der Waals surface area contributed by atoms with Crippen LogP contribution in [-0.2, 0) is 4.79 Å². The number of nitrogens with one attached hydrogen (secondary N) is 1. The number of carbonyl (C=O) groups excluding carboxylic acids is 1. The van der Waals surface area contributed by atoms with E-state index in [1.807, 2.05) is 0 Å². The lowest BCUT2D eigenvalue weighted by atomic mass is 10.0. The molecule has 1 aromatic rings. The van der Waals surface area contributed by atoms with E-state index in [1.165, 1.54) is 12.1 Å². The van der Waals surface area contributed by atoms with Crippen molar-refractivity contribution in [2.45, 2.75) is 37.8 Å². The number of hydrogen-bond acceptors (Lipinski definition) is 3. The van der Waals surface area contributed by atoms with E-state index in [9.17, 15) is 9.18 Å². The highest BCUT2D eigenvalue weighted by atomic mass is 19.1. The van der Waals surface area contributed by atoms with Crippen LogP contribution in [0, 0.1) is 5.82 Å². The quantitative estimate of drug-likeness (QED) is 0.761. The zero-order valence-electron chi connectivity index (χ0n) is 10.0. The lowest BCUT2D eigenvalue weighted by Gasteiger charge is -2.20. The standard InChI is InChI=1S/C13H17FN2O2/c14-10-7-8(5-6-11(10)17)12(13(15)18)16-9-3-1-2-4-9/h5-7,9,12,16-17H,1-4H2,(H2,15,18). The molecule has 0 bridgehead atoms. The zero-order chi connectivity index (χ0) is 13.1. The summed E-state index contributed by atoms with van der Waals surface area (Å²) in [6.07, 6.45) is 4.27. The van der Waals surface area contributed by atoms with Gasteiger partial charge in [0.25, 0.3) is 0 Å². The van der Waals surface area contributed by atoms with Gasteiger partial charge in [-0.3, -0.25) is 10.1 Å². The molecule has 0 spiro atoms. The van der Waals surface area contributed by atoms with Crippen molar-refractivity contribution in [2.24, 2.45) is 5.73 Å². The Morgan fingerprint density at radius 3 is 2.67 bits per heavy atom. The van der Waals surface area contributed by atoms with Gasteiger partial charge in [-0.15, -0.1) is 0 Å². The van der Waals surface area contributed by atoms with E-state index >= 15 is 0 Å². The van der Waals surface area contributed by atoms with Crippen LogP contribution in [0.1, 0.15) is 37.3 Å². The Morgan fingerprint density at radius 2 is 2.11 bits per heavy atom. The monoisotopic (exact) mass is 252 g/mol. The normalized spacial score (nSPS) is 17.8. The molecule has 4 nitrogen and oxygen atoms in total. The van der Waals surface area contributed by atoms with Crippen LogP contribution in [0.15, 0.2) is 18.2 Å². The van der Waals surface area contributed by atoms with Gasteiger partial charge in [-0.2, -0.15) is 0 Å². The first kappa shape index (κ1) is 12.8. The highest BCUT2D eigenvalue weighted by molar-refractivity contribution is 5.81. The highest BCUT2D eigenvalue weighted by Crippen LogP contribution is 2.24. The molecule has 0 saturated heterocycles. The predicted molar refractivity (Wildman–Crippen MR) is 65.4 cm³/mol. The van der Waals surface area contributed by atoms with Crippen LogP contribution in [0.25, 0.3) is 0 Å². The topological polar surface area (TPSA) is 75.4 Å². The molecule has 1 fully saturated rings. The Labute approximate surface area is 105 Å². The van der Waals surface area contributed by atoms with Crippen LogP contribution in [-0.4, -0.2) is 17.1 Å². The molecule has 0 heterocycles. The van der Waals surface area contributed by atoms with Gasteiger partial charge in [0.2, 0.25) is 5.91 Å². The van der Waals surface area contributed by atoms with Crippen LogP contribution in [0.2, 0.25) is 0 Å². The van der Waals surface area contributed by atoms with E-state index < -0.39 is 23.5 Å². The van der Waals surface area contributed by atoms with Crippen molar-refractivity contribution in [2.75, 3.05) is 0 Å². The van der Waals surface area contributed by atoms with Crippen LogP contribution >= 0.6 is 0 Å². The number of phenols is 1. The van der Waals surface area contributed by atoms with E-state index in [0.717, 1.165) is 31.7 Å². The fraction of sp³-hybridized carbons (Fsp3) is 0.462. The van der Waals surface area contributed by atoms with Crippen molar-refractivity contribution in [3.8, 4) is 5.75 Å². The van der Waals surface area contributed by atoms with Crippen LogP contribution in [0.3, 0.4) is 0 Å². The molecular weight excluding hydrogens is 235 g/mol. The molecule has 0 aliphatic heterocycles. The van der Waals surface area contributed by atoms with Gasteiger partial charge in [-0.25, -0.2) is 4.39 Å². The van der Waals surface area contributed by atoms with E-state index in [2.05, 4.69) is 5.32 Å². The lowest BCUT2D eigenvalue weighted by molar-refractivity contribution is -0.120. The maximum atomic E-state index is 13.3. The highest BCUT2D eigenvalue weighted by Gasteiger charge is 2.24. The van der Waals surface area contributed by atoms with Gasteiger partial charge in [-0.05, 0) is 30.5 Å². The third kappa shape index (κ3) is 2.79. The fourth-order valence-electron chi connectivity index (χ4n) is 2.37. The summed E-state index contributed by atoms with van der Waals surface area (Å²) in [6.45, 7) is 0.